The fourth-order valence-electron chi connectivity index (χ4n) is 4.07. The highest BCUT2D eigenvalue weighted by Gasteiger charge is 2.40. The van der Waals surface area contributed by atoms with Gasteiger partial charge in [0.2, 0.25) is 0 Å². The molecule has 0 aromatic heterocycles. The molecule has 2 aromatic rings. The first-order chi connectivity index (χ1) is 13.8. The highest BCUT2D eigenvalue weighted by atomic mass is 19.1. The maximum atomic E-state index is 13.9. The van der Waals surface area contributed by atoms with E-state index < -0.39 is 17.8 Å². The number of hydrogen-bond acceptors (Lipinski definition) is 5. The smallest absolute Gasteiger partial charge is 0.325 e. The fraction of sp³-hybridized carbons (Fsp3) is 0.409. The molecule has 3 rings (SSSR count). The fourth-order valence-corrected chi connectivity index (χ4v) is 4.07. The first-order valence-corrected chi connectivity index (χ1v) is 9.49. The lowest BCUT2D eigenvalue weighted by Crippen LogP contribution is -2.60. The van der Waals surface area contributed by atoms with E-state index in [1.807, 2.05) is 29.2 Å². The van der Waals surface area contributed by atoms with Crippen molar-refractivity contribution in [1.29, 1.82) is 0 Å². The molecule has 0 bridgehead atoms. The summed E-state index contributed by atoms with van der Waals surface area (Å²) in [6, 6.07) is 10.8. The molecular weight excluding hydrogens is 375 g/mol. The molecule has 1 aliphatic heterocycles. The number of nitrogens with zero attached hydrogens (tertiary/aromatic N) is 2. The molecule has 29 heavy (non-hydrogen) atoms. The van der Waals surface area contributed by atoms with Gasteiger partial charge in [-0.25, -0.2) is 4.39 Å². The minimum absolute atomic E-state index is 0.325. The number of ether oxygens (including phenoxy) is 2. The van der Waals surface area contributed by atoms with Crippen LogP contribution in [0.5, 0.6) is 11.5 Å². The zero-order valence-corrected chi connectivity index (χ0v) is 17.2. The number of carbonyl (C=O) groups is 1. The van der Waals surface area contributed by atoms with Crippen LogP contribution in [-0.2, 0) is 4.79 Å². The maximum absolute atomic E-state index is 13.9. The lowest BCUT2D eigenvalue weighted by molar-refractivity contribution is -0.144. The molecule has 0 unspecified atom stereocenters. The van der Waals surface area contributed by atoms with Crippen LogP contribution in [0.4, 0.5) is 10.1 Å². The van der Waals surface area contributed by atoms with Gasteiger partial charge in [-0.15, -0.1) is 0 Å². The van der Waals surface area contributed by atoms with Gasteiger partial charge >= 0.3 is 5.97 Å². The van der Waals surface area contributed by atoms with Crippen molar-refractivity contribution in [2.24, 2.45) is 0 Å². The van der Waals surface area contributed by atoms with Crippen LogP contribution in [0.25, 0.3) is 0 Å². The largest absolute Gasteiger partial charge is 0.497 e. The molecule has 1 atom stereocenters. The summed E-state index contributed by atoms with van der Waals surface area (Å²) in [6.45, 7) is 5.76. The molecule has 1 heterocycles. The van der Waals surface area contributed by atoms with Crippen LogP contribution in [-0.4, -0.2) is 55.4 Å². The third-order valence-electron chi connectivity index (χ3n) is 5.38. The second-order valence-corrected chi connectivity index (χ2v) is 7.76. The SMILES string of the molecule is COc1cccc(N2CCN([C@@H](C(=O)O)c3cc(F)ccc3OC)CC2(C)C)c1. The number of piperazine rings is 1. The molecule has 0 saturated carbocycles. The van der Waals surface area contributed by atoms with Crippen molar-refractivity contribution in [2.45, 2.75) is 25.4 Å². The van der Waals surface area contributed by atoms with E-state index in [1.165, 1.54) is 25.3 Å². The molecule has 1 N–H and O–H groups in total. The lowest BCUT2D eigenvalue weighted by atomic mass is 9.94. The average molecular weight is 402 g/mol. The Labute approximate surface area is 170 Å². The Bertz CT molecular complexity index is 887. The number of benzene rings is 2. The maximum Gasteiger partial charge on any atom is 0.325 e. The Kier molecular flexibility index (Phi) is 5.98. The predicted molar refractivity (Wildman–Crippen MR) is 109 cm³/mol. The van der Waals surface area contributed by atoms with Gasteiger partial charge in [-0.1, -0.05) is 6.07 Å². The highest BCUT2D eigenvalue weighted by molar-refractivity contribution is 5.77. The van der Waals surface area contributed by atoms with E-state index in [1.54, 1.807) is 7.11 Å². The van der Waals surface area contributed by atoms with Crippen molar-refractivity contribution < 1.29 is 23.8 Å². The van der Waals surface area contributed by atoms with E-state index in [9.17, 15) is 14.3 Å². The van der Waals surface area contributed by atoms with Crippen LogP contribution in [0.15, 0.2) is 42.5 Å². The van der Waals surface area contributed by atoms with Crippen molar-refractivity contribution >= 4 is 11.7 Å². The molecule has 1 aliphatic rings. The Morgan fingerprint density at radius 1 is 1.14 bits per heavy atom. The van der Waals surface area contributed by atoms with Gasteiger partial charge in [0.05, 0.1) is 14.2 Å². The van der Waals surface area contributed by atoms with Gasteiger partial charge in [-0.2, -0.15) is 0 Å². The van der Waals surface area contributed by atoms with Crippen LogP contribution in [0.3, 0.4) is 0 Å². The highest BCUT2D eigenvalue weighted by Crippen LogP contribution is 2.36. The van der Waals surface area contributed by atoms with Gasteiger partial charge in [0.25, 0.3) is 0 Å². The van der Waals surface area contributed by atoms with Crippen LogP contribution in [0.1, 0.15) is 25.5 Å². The van der Waals surface area contributed by atoms with Crippen molar-refractivity contribution in [2.75, 3.05) is 38.8 Å². The lowest BCUT2D eigenvalue weighted by Gasteiger charge is -2.50. The summed E-state index contributed by atoms with van der Waals surface area (Å²) in [5.41, 5.74) is 0.994. The summed E-state index contributed by atoms with van der Waals surface area (Å²) in [5, 5.41) is 9.96. The quantitative estimate of drug-likeness (QED) is 0.797. The van der Waals surface area contributed by atoms with Crippen molar-refractivity contribution in [3.05, 3.63) is 53.8 Å². The van der Waals surface area contributed by atoms with Crippen LogP contribution in [0, 0.1) is 5.82 Å². The molecule has 0 radical (unpaired) electrons. The van der Waals surface area contributed by atoms with Gasteiger partial charge < -0.3 is 19.5 Å². The molecule has 6 nitrogen and oxygen atoms in total. The van der Waals surface area contributed by atoms with E-state index in [4.69, 9.17) is 9.47 Å². The van der Waals surface area contributed by atoms with Crippen LogP contribution in [0.2, 0.25) is 0 Å². The zero-order chi connectivity index (χ0) is 21.2. The number of carboxylic acid groups (broad SMARTS) is 1. The molecule has 2 aromatic carbocycles. The standard InChI is InChI=1S/C22H27FN2O4/c1-22(2)14-24(10-11-25(22)16-6-5-7-17(13-16)28-3)20(21(26)27)18-12-15(23)8-9-19(18)29-4/h5-9,12-13,20H,10-11,14H2,1-4H3,(H,26,27)/t20-/m1/s1. The minimum atomic E-state index is -1.03. The summed E-state index contributed by atoms with van der Waals surface area (Å²) in [6.07, 6.45) is 0. The Hall–Kier alpha value is -2.80. The van der Waals surface area contributed by atoms with Gasteiger partial charge in [0, 0.05) is 42.5 Å². The number of methoxy groups -OCH3 is 2. The summed E-state index contributed by atoms with van der Waals surface area (Å²) in [7, 11) is 3.09. The number of hydrogen-bond donors (Lipinski definition) is 1. The second kappa shape index (κ2) is 8.29. The zero-order valence-electron chi connectivity index (χ0n) is 17.2. The van der Waals surface area contributed by atoms with Crippen LogP contribution < -0.4 is 14.4 Å². The summed E-state index contributed by atoms with van der Waals surface area (Å²) < 4.78 is 24.5. The number of halogens is 1. The average Bonchev–Trinajstić information content (AvgIpc) is 2.67. The van der Waals surface area contributed by atoms with Crippen molar-refractivity contribution in [3.8, 4) is 11.5 Å². The predicted octanol–water partition coefficient (Wildman–Crippen LogP) is 3.57. The molecule has 1 saturated heterocycles. The summed E-state index contributed by atoms with van der Waals surface area (Å²) >= 11 is 0. The minimum Gasteiger partial charge on any atom is -0.497 e. The van der Waals surface area contributed by atoms with Gasteiger partial charge in [0.1, 0.15) is 23.4 Å². The molecule has 0 aliphatic carbocycles. The number of aliphatic carboxylic acids is 1. The normalized spacial score (nSPS) is 17.6. The topological polar surface area (TPSA) is 62.2 Å². The molecule has 1 fully saturated rings. The third kappa shape index (κ3) is 4.29. The van der Waals surface area contributed by atoms with Gasteiger partial charge in [-0.3, -0.25) is 9.69 Å². The van der Waals surface area contributed by atoms with E-state index in [2.05, 4.69) is 18.7 Å². The molecular formula is C22H27FN2O4. The molecule has 0 amide bonds. The van der Waals surface area contributed by atoms with E-state index >= 15 is 0 Å². The Morgan fingerprint density at radius 2 is 1.90 bits per heavy atom. The first kappa shape index (κ1) is 20.9. The number of rotatable bonds is 6. The van der Waals surface area contributed by atoms with Crippen molar-refractivity contribution in [1.82, 2.24) is 4.90 Å². The van der Waals surface area contributed by atoms with E-state index in [-0.39, 0.29) is 5.54 Å². The Morgan fingerprint density at radius 3 is 2.52 bits per heavy atom. The monoisotopic (exact) mass is 402 g/mol. The molecule has 0 spiro atoms. The number of anilines is 1. The van der Waals surface area contributed by atoms with E-state index in [0.717, 1.165) is 11.4 Å². The molecule has 7 heteroatoms. The van der Waals surface area contributed by atoms with Crippen molar-refractivity contribution in [3.63, 3.8) is 0 Å². The first-order valence-electron chi connectivity index (χ1n) is 9.49. The van der Waals surface area contributed by atoms with E-state index in [0.29, 0.717) is 30.9 Å². The summed E-state index contributed by atoms with van der Waals surface area (Å²) in [4.78, 5) is 16.3. The van der Waals surface area contributed by atoms with Gasteiger partial charge in [0.15, 0.2) is 0 Å². The Balaban J connectivity index is 1.91. The third-order valence-corrected chi connectivity index (χ3v) is 5.38. The van der Waals surface area contributed by atoms with Gasteiger partial charge in [-0.05, 0) is 44.2 Å². The molecule has 156 valence electrons. The van der Waals surface area contributed by atoms with Crippen LogP contribution >= 0.6 is 0 Å². The second-order valence-electron chi connectivity index (χ2n) is 7.76. The number of carboxylic acids is 1. The summed E-state index contributed by atoms with van der Waals surface area (Å²) in [5.74, 6) is -0.374.